The van der Waals surface area contributed by atoms with Crippen LogP contribution in [0.4, 0.5) is 0 Å². The summed E-state index contributed by atoms with van der Waals surface area (Å²) in [5, 5.41) is 3.35. The predicted molar refractivity (Wildman–Crippen MR) is 59.1 cm³/mol. The van der Waals surface area contributed by atoms with Gasteiger partial charge in [0, 0.05) is 45.2 Å². The minimum Gasteiger partial charge on any atom is -0.381 e. The van der Waals surface area contributed by atoms with Crippen LogP contribution in [0, 0.1) is 5.92 Å². The second-order valence-corrected chi connectivity index (χ2v) is 4.40. The Labute approximate surface area is 91.9 Å². The molecule has 0 amide bonds. The predicted octanol–water partition coefficient (Wildman–Crippen LogP) is -0.0553. The molecule has 15 heavy (non-hydrogen) atoms. The van der Waals surface area contributed by atoms with Crippen molar-refractivity contribution in [1.82, 2.24) is 10.2 Å². The summed E-state index contributed by atoms with van der Waals surface area (Å²) < 4.78 is 11.0. The third-order valence-corrected chi connectivity index (χ3v) is 3.14. The number of ether oxygens (including phenoxy) is 2. The summed E-state index contributed by atoms with van der Waals surface area (Å²) in [6.45, 7) is 9.22. The van der Waals surface area contributed by atoms with E-state index in [0.29, 0.717) is 5.92 Å². The summed E-state index contributed by atoms with van der Waals surface area (Å²) in [5.41, 5.74) is 0. The van der Waals surface area contributed by atoms with Crippen LogP contribution < -0.4 is 5.32 Å². The first-order valence-electron chi connectivity index (χ1n) is 6.04. The van der Waals surface area contributed by atoms with E-state index in [9.17, 15) is 0 Å². The van der Waals surface area contributed by atoms with Crippen LogP contribution in [-0.2, 0) is 9.47 Å². The first kappa shape index (κ1) is 11.3. The molecule has 2 rings (SSSR count). The zero-order valence-corrected chi connectivity index (χ0v) is 9.41. The van der Waals surface area contributed by atoms with Gasteiger partial charge >= 0.3 is 0 Å². The smallest absolute Gasteiger partial charge is 0.0593 e. The minimum atomic E-state index is 0.646. The Morgan fingerprint density at radius 1 is 1.33 bits per heavy atom. The molecule has 1 N–H and O–H groups in total. The number of nitrogens with one attached hydrogen (secondary N) is 1. The normalized spacial score (nSPS) is 28.4. The molecule has 0 spiro atoms. The SMILES string of the molecule is C1CN(CCOCC2CCOC2)CCN1. The highest BCUT2D eigenvalue weighted by atomic mass is 16.5. The summed E-state index contributed by atoms with van der Waals surface area (Å²) in [4.78, 5) is 2.46. The molecule has 0 saturated carbocycles. The largest absolute Gasteiger partial charge is 0.381 e. The molecule has 2 heterocycles. The second kappa shape index (κ2) is 6.43. The van der Waals surface area contributed by atoms with Crippen LogP contribution >= 0.6 is 0 Å². The average Bonchev–Trinajstić information content (AvgIpc) is 2.79. The molecule has 1 unspecified atom stereocenters. The van der Waals surface area contributed by atoms with Gasteiger partial charge in [0.1, 0.15) is 0 Å². The first-order valence-corrected chi connectivity index (χ1v) is 6.04. The van der Waals surface area contributed by atoms with Crippen LogP contribution in [0.15, 0.2) is 0 Å². The highest BCUT2D eigenvalue weighted by molar-refractivity contribution is 4.67. The maximum atomic E-state index is 5.68. The second-order valence-electron chi connectivity index (χ2n) is 4.40. The van der Waals surface area contributed by atoms with Crippen molar-refractivity contribution in [3.05, 3.63) is 0 Å². The van der Waals surface area contributed by atoms with Crippen LogP contribution in [0.2, 0.25) is 0 Å². The Kier molecular flexibility index (Phi) is 4.86. The van der Waals surface area contributed by atoms with Gasteiger partial charge < -0.3 is 14.8 Å². The highest BCUT2D eigenvalue weighted by Gasteiger charge is 2.15. The standard InChI is InChI=1S/C11H22N2O2/c1-7-14-9-11(1)10-15-8-6-13-4-2-12-3-5-13/h11-12H,1-10H2. The number of piperazine rings is 1. The zero-order valence-electron chi connectivity index (χ0n) is 9.41. The summed E-state index contributed by atoms with van der Waals surface area (Å²) in [6, 6.07) is 0. The average molecular weight is 214 g/mol. The Bertz CT molecular complexity index is 166. The third kappa shape index (κ3) is 4.07. The molecule has 88 valence electrons. The lowest BCUT2D eigenvalue weighted by atomic mass is 10.1. The number of hydrogen-bond acceptors (Lipinski definition) is 4. The minimum absolute atomic E-state index is 0.646. The van der Waals surface area contributed by atoms with E-state index in [2.05, 4.69) is 10.2 Å². The van der Waals surface area contributed by atoms with E-state index in [0.717, 1.165) is 59.2 Å². The Morgan fingerprint density at radius 2 is 2.20 bits per heavy atom. The fourth-order valence-electron chi connectivity index (χ4n) is 2.09. The van der Waals surface area contributed by atoms with Gasteiger partial charge in [-0.15, -0.1) is 0 Å². The van der Waals surface area contributed by atoms with Crippen LogP contribution in [-0.4, -0.2) is 64.1 Å². The molecule has 2 aliphatic rings. The molecule has 0 radical (unpaired) electrons. The molecule has 4 heteroatoms. The number of hydrogen-bond donors (Lipinski definition) is 1. The van der Waals surface area contributed by atoms with Gasteiger partial charge in [0.2, 0.25) is 0 Å². The fraction of sp³-hybridized carbons (Fsp3) is 1.00. The molecular formula is C11H22N2O2. The van der Waals surface area contributed by atoms with Crippen LogP contribution in [0.5, 0.6) is 0 Å². The summed E-state index contributed by atoms with van der Waals surface area (Å²) in [5.74, 6) is 0.646. The van der Waals surface area contributed by atoms with E-state index >= 15 is 0 Å². The molecule has 1 atom stereocenters. The summed E-state index contributed by atoms with van der Waals surface area (Å²) in [7, 11) is 0. The van der Waals surface area contributed by atoms with Crippen molar-refractivity contribution in [2.24, 2.45) is 5.92 Å². The third-order valence-electron chi connectivity index (χ3n) is 3.14. The first-order chi connectivity index (χ1) is 7.45. The van der Waals surface area contributed by atoms with Gasteiger partial charge in [0.05, 0.1) is 19.8 Å². The fourth-order valence-corrected chi connectivity index (χ4v) is 2.09. The van der Waals surface area contributed by atoms with Crippen molar-refractivity contribution in [2.75, 3.05) is 59.2 Å². The van der Waals surface area contributed by atoms with E-state index in [4.69, 9.17) is 9.47 Å². The molecule has 4 nitrogen and oxygen atoms in total. The van der Waals surface area contributed by atoms with E-state index < -0.39 is 0 Å². The highest BCUT2D eigenvalue weighted by Crippen LogP contribution is 2.12. The van der Waals surface area contributed by atoms with Crippen molar-refractivity contribution < 1.29 is 9.47 Å². The van der Waals surface area contributed by atoms with E-state index in [-0.39, 0.29) is 0 Å². The van der Waals surface area contributed by atoms with Gasteiger partial charge in [-0.25, -0.2) is 0 Å². The van der Waals surface area contributed by atoms with Crippen molar-refractivity contribution in [1.29, 1.82) is 0 Å². The molecule has 2 fully saturated rings. The summed E-state index contributed by atoms with van der Waals surface area (Å²) >= 11 is 0. The van der Waals surface area contributed by atoms with Gasteiger partial charge in [0.25, 0.3) is 0 Å². The molecule has 2 aliphatic heterocycles. The van der Waals surface area contributed by atoms with Crippen molar-refractivity contribution in [3.8, 4) is 0 Å². The molecule has 0 aromatic carbocycles. The van der Waals surface area contributed by atoms with Gasteiger partial charge in [-0.2, -0.15) is 0 Å². The summed E-state index contributed by atoms with van der Waals surface area (Å²) in [6.07, 6.45) is 1.17. The monoisotopic (exact) mass is 214 g/mol. The molecule has 0 aromatic rings. The maximum absolute atomic E-state index is 5.68. The van der Waals surface area contributed by atoms with E-state index in [1.54, 1.807) is 0 Å². The van der Waals surface area contributed by atoms with E-state index in [1.807, 2.05) is 0 Å². The molecule has 0 bridgehead atoms. The van der Waals surface area contributed by atoms with Gasteiger partial charge in [-0.3, -0.25) is 4.90 Å². The lowest BCUT2D eigenvalue weighted by Crippen LogP contribution is -2.44. The Morgan fingerprint density at radius 3 is 2.93 bits per heavy atom. The quantitative estimate of drug-likeness (QED) is 0.650. The van der Waals surface area contributed by atoms with Crippen molar-refractivity contribution in [3.63, 3.8) is 0 Å². The topological polar surface area (TPSA) is 33.7 Å². The van der Waals surface area contributed by atoms with Crippen molar-refractivity contribution in [2.45, 2.75) is 6.42 Å². The van der Waals surface area contributed by atoms with Gasteiger partial charge in [-0.1, -0.05) is 0 Å². The zero-order chi connectivity index (χ0) is 10.3. The van der Waals surface area contributed by atoms with Gasteiger partial charge in [0.15, 0.2) is 0 Å². The van der Waals surface area contributed by atoms with Gasteiger partial charge in [-0.05, 0) is 6.42 Å². The van der Waals surface area contributed by atoms with Crippen LogP contribution in [0.25, 0.3) is 0 Å². The van der Waals surface area contributed by atoms with E-state index in [1.165, 1.54) is 6.42 Å². The number of rotatable bonds is 5. The Hall–Kier alpha value is -0.160. The molecule has 0 aliphatic carbocycles. The maximum Gasteiger partial charge on any atom is 0.0593 e. The van der Waals surface area contributed by atoms with Crippen LogP contribution in [0.1, 0.15) is 6.42 Å². The molecular weight excluding hydrogens is 192 g/mol. The lowest BCUT2D eigenvalue weighted by Gasteiger charge is -2.27. The van der Waals surface area contributed by atoms with Crippen LogP contribution in [0.3, 0.4) is 0 Å². The van der Waals surface area contributed by atoms with Crippen molar-refractivity contribution >= 4 is 0 Å². The Balaban J connectivity index is 1.47. The number of nitrogens with zero attached hydrogens (tertiary/aromatic N) is 1. The molecule has 0 aromatic heterocycles. The lowest BCUT2D eigenvalue weighted by molar-refractivity contribution is 0.0691. The molecule has 2 saturated heterocycles.